The van der Waals surface area contributed by atoms with E-state index in [-0.39, 0.29) is 23.5 Å². The normalized spacial score (nSPS) is 25.7. The Kier molecular flexibility index (Phi) is 5.00. The number of amides is 1. The first kappa shape index (κ1) is 17.8. The van der Waals surface area contributed by atoms with Crippen LogP contribution >= 0.6 is 23.2 Å². The molecule has 3 rings (SSSR count). The molecule has 1 amide bonds. The molecule has 2 aliphatic carbocycles. The van der Waals surface area contributed by atoms with Gasteiger partial charge in [-0.15, -0.1) is 0 Å². The maximum atomic E-state index is 12.4. The number of nitrogens with zero attached hydrogens (tertiary/aromatic N) is 1. The molecule has 3 atom stereocenters. The highest BCUT2D eigenvalue weighted by Gasteiger charge is 2.40. The summed E-state index contributed by atoms with van der Waals surface area (Å²) < 4.78 is 25.2. The summed E-state index contributed by atoms with van der Waals surface area (Å²) in [6.07, 6.45) is 5.64. The van der Waals surface area contributed by atoms with Gasteiger partial charge in [-0.3, -0.25) is 9.10 Å². The molecule has 1 aromatic carbocycles. The lowest BCUT2D eigenvalue weighted by Gasteiger charge is -2.26. The molecule has 0 saturated heterocycles. The van der Waals surface area contributed by atoms with Crippen molar-refractivity contribution in [2.75, 3.05) is 17.1 Å². The van der Waals surface area contributed by atoms with E-state index < -0.39 is 10.0 Å². The van der Waals surface area contributed by atoms with Gasteiger partial charge in [0.25, 0.3) is 0 Å². The Morgan fingerprint density at radius 1 is 1.25 bits per heavy atom. The topological polar surface area (TPSA) is 66.5 Å². The number of rotatable bonds is 5. The van der Waals surface area contributed by atoms with Gasteiger partial charge in [0.2, 0.25) is 15.9 Å². The van der Waals surface area contributed by atoms with Crippen LogP contribution in [0.5, 0.6) is 0 Å². The minimum atomic E-state index is -3.62. The second kappa shape index (κ2) is 6.73. The summed E-state index contributed by atoms with van der Waals surface area (Å²) >= 11 is 11.8. The van der Waals surface area contributed by atoms with Crippen LogP contribution in [0.25, 0.3) is 0 Å². The lowest BCUT2D eigenvalue weighted by atomic mass is 9.95. The first-order chi connectivity index (χ1) is 11.2. The molecule has 0 aromatic heterocycles. The Hall–Kier alpha value is -0.980. The molecule has 2 saturated carbocycles. The molecule has 0 heterocycles. The van der Waals surface area contributed by atoms with Crippen LogP contribution < -0.4 is 9.62 Å². The molecule has 1 aromatic rings. The molecule has 2 aliphatic rings. The van der Waals surface area contributed by atoms with Crippen molar-refractivity contribution in [1.82, 2.24) is 5.32 Å². The van der Waals surface area contributed by atoms with Gasteiger partial charge in [-0.25, -0.2) is 8.42 Å². The van der Waals surface area contributed by atoms with E-state index in [1.807, 2.05) is 0 Å². The van der Waals surface area contributed by atoms with Crippen molar-refractivity contribution in [2.45, 2.75) is 31.7 Å². The second-order valence-corrected chi connectivity index (χ2v) is 9.44. The molecule has 24 heavy (non-hydrogen) atoms. The number of hydrogen-bond donors (Lipinski definition) is 1. The molecule has 0 radical (unpaired) electrons. The number of nitrogens with one attached hydrogen (secondary N) is 1. The van der Waals surface area contributed by atoms with Crippen LogP contribution in [0.15, 0.2) is 18.2 Å². The zero-order valence-corrected chi connectivity index (χ0v) is 15.7. The van der Waals surface area contributed by atoms with Gasteiger partial charge in [-0.05, 0) is 49.3 Å². The van der Waals surface area contributed by atoms with Crippen molar-refractivity contribution < 1.29 is 13.2 Å². The zero-order chi connectivity index (χ0) is 17.5. The predicted molar refractivity (Wildman–Crippen MR) is 96.0 cm³/mol. The quantitative estimate of drug-likeness (QED) is 0.839. The molecule has 2 bridgehead atoms. The summed E-state index contributed by atoms with van der Waals surface area (Å²) in [5.41, 5.74) is 0.329. The summed E-state index contributed by atoms with van der Waals surface area (Å²) in [4.78, 5) is 12.4. The van der Waals surface area contributed by atoms with Gasteiger partial charge in [0.1, 0.15) is 6.54 Å². The summed E-state index contributed by atoms with van der Waals surface area (Å²) in [7, 11) is -3.62. The molecule has 0 aliphatic heterocycles. The van der Waals surface area contributed by atoms with E-state index in [1.54, 1.807) is 6.07 Å². The lowest BCUT2D eigenvalue weighted by molar-refractivity contribution is -0.120. The summed E-state index contributed by atoms with van der Waals surface area (Å²) in [6, 6.07) is 4.69. The van der Waals surface area contributed by atoms with Gasteiger partial charge in [-0.2, -0.15) is 0 Å². The van der Waals surface area contributed by atoms with Gasteiger partial charge < -0.3 is 5.32 Å². The van der Waals surface area contributed by atoms with Crippen LogP contribution in [-0.2, 0) is 14.8 Å². The van der Waals surface area contributed by atoms with Crippen LogP contribution in [0.2, 0.25) is 10.0 Å². The maximum Gasteiger partial charge on any atom is 0.241 e. The molecule has 5 nitrogen and oxygen atoms in total. The van der Waals surface area contributed by atoms with Crippen LogP contribution in [0, 0.1) is 11.8 Å². The van der Waals surface area contributed by atoms with Gasteiger partial charge in [0, 0.05) is 6.04 Å². The smallest absolute Gasteiger partial charge is 0.241 e. The summed E-state index contributed by atoms with van der Waals surface area (Å²) in [5.74, 6) is 0.959. The lowest BCUT2D eigenvalue weighted by Crippen LogP contribution is -2.45. The van der Waals surface area contributed by atoms with Crippen molar-refractivity contribution in [2.24, 2.45) is 11.8 Å². The highest BCUT2D eigenvalue weighted by molar-refractivity contribution is 7.92. The Morgan fingerprint density at radius 3 is 2.54 bits per heavy atom. The maximum absolute atomic E-state index is 12.4. The van der Waals surface area contributed by atoms with Crippen LogP contribution in [0.1, 0.15) is 25.7 Å². The highest BCUT2D eigenvalue weighted by Crippen LogP contribution is 2.44. The fraction of sp³-hybridized carbons (Fsp3) is 0.562. The van der Waals surface area contributed by atoms with Crippen molar-refractivity contribution in [3.8, 4) is 0 Å². The second-order valence-electron chi connectivity index (χ2n) is 6.72. The molecule has 1 N–H and O–H groups in total. The van der Waals surface area contributed by atoms with Gasteiger partial charge in [0.05, 0.1) is 22.0 Å². The van der Waals surface area contributed by atoms with Crippen LogP contribution in [-0.4, -0.2) is 33.2 Å². The zero-order valence-electron chi connectivity index (χ0n) is 13.3. The van der Waals surface area contributed by atoms with Crippen LogP contribution in [0.3, 0.4) is 0 Å². The molecule has 8 heteroatoms. The number of hydrogen-bond acceptors (Lipinski definition) is 3. The van der Waals surface area contributed by atoms with Crippen molar-refractivity contribution in [3.05, 3.63) is 28.2 Å². The third-order valence-corrected chi connectivity index (χ3v) is 6.84. The number of halogens is 2. The number of carbonyl (C=O) groups excluding carboxylic acids is 1. The molecule has 2 fully saturated rings. The fourth-order valence-corrected chi connectivity index (χ4v) is 4.99. The third-order valence-electron chi connectivity index (χ3n) is 4.96. The highest BCUT2D eigenvalue weighted by atomic mass is 35.5. The number of carbonyl (C=O) groups is 1. The van der Waals surface area contributed by atoms with E-state index in [4.69, 9.17) is 23.2 Å². The monoisotopic (exact) mass is 390 g/mol. The van der Waals surface area contributed by atoms with E-state index in [2.05, 4.69) is 5.32 Å². The van der Waals surface area contributed by atoms with E-state index in [1.165, 1.54) is 25.0 Å². The van der Waals surface area contributed by atoms with E-state index in [0.717, 1.165) is 23.4 Å². The first-order valence-corrected chi connectivity index (χ1v) is 10.6. The molecule has 0 spiro atoms. The van der Waals surface area contributed by atoms with Crippen molar-refractivity contribution in [1.29, 1.82) is 0 Å². The predicted octanol–water partition coefficient (Wildman–Crippen LogP) is 3.06. The molecular weight excluding hydrogens is 371 g/mol. The Labute approximate surface area is 152 Å². The minimum Gasteiger partial charge on any atom is -0.352 e. The van der Waals surface area contributed by atoms with Crippen LogP contribution in [0.4, 0.5) is 5.69 Å². The van der Waals surface area contributed by atoms with E-state index in [0.29, 0.717) is 22.5 Å². The number of benzene rings is 1. The van der Waals surface area contributed by atoms with E-state index in [9.17, 15) is 13.2 Å². The average Bonchev–Trinajstić information content (AvgIpc) is 3.09. The minimum absolute atomic E-state index is 0.173. The van der Waals surface area contributed by atoms with Gasteiger partial charge >= 0.3 is 0 Å². The average molecular weight is 391 g/mol. The van der Waals surface area contributed by atoms with Crippen molar-refractivity contribution >= 4 is 44.8 Å². The van der Waals surface area contributed by atoms with Gasteiger partial charge in [-0.1, -0.05) is 29.6 Å². The van der Waals surface area contributed by atoms with Gasteiger partial charge in [0.15, 0.2) is 0 Å². The Balaban J connectivity index is 1.72. The van der Waals surface area contributed by atoms with Crippen molar-refractivity contribution in [3.63, 3.8) is 0 Å². The standard InChI is InChI=1S/C16H20Cl2N2O3S/c1-24(22,23)20(12-4-5-13(17)14(18)8-12)9-16(21)19-15-7-10-2-3-11(15)6-10/h4-5,8,10-11,15H,2-3,6-7,9H2,1H3,(H,19,21)/t10-,11-,15-/m0/s1. The fourth-order valence-electron chi connectivity index (χ4n) is 3.84. The molecular formula is C16H20Cl2N2O3S. The molecule has 132 valence electrons. The third kappa shape index (κ3) is 3.81. The number of sulfonamides is 1. The number of anilines is 1. The van der Waals surface area contributed by atoms with E-state index >= 15 is 0 Å². The molecule has 0 unspecified atom stereocenters. The summed E-state index contributed by atoms with van der Waals surface area (Å²) in [6.45, 7) is -0.259. The Morgan fingerprint density at radius 2 is 2.00 bits per heavy atom. The SMILES string of the molecule is CS(=O)(=O)N(CC(=O)N[C@H]1C[C@H]2CC[C@H]1C2)c1ccc(Cl)c(Cl)c1. The summed E-state index contributed by atoms with van der Waals surface area (Å²) in [5, 5.41) is 3.58. The Bertz CT molecular complexity index is 754. The number of fused-ring (bicyclic) bond motifs is 2. The largest absolute Gasteiger partial charge is 0.352 e. The first-order valence-electron chi connectivity index (χ1n) is 7.96.